The molecule has 1 saturated heterocycles. The number of terminal acetylenes is 1. The topological polar surface area (TPSA) is 137 Å². The molecule has 4 unspecified atom stereocenters. The zero-order valence-electron chi connectivity index (χ0n) is 30.0. The van der Waals surface area contributed by atoms with E-state index in [1.165, 1.54) is 11.8 Å². The standard InChI is InChI=1S/C35H59N5O5S2/c1-11-12-16-25(27(41)30(43)36-19-20-46-10)37-29(42)26-21-24(23(2)3)22-40(26)31(44)28(33(4,5)6)38-32(45)39-35(47-34(7,8)9)17-14-13-15-18-35/h1,23-26,28H,12-22H2,2-10H3,(H,36,43)(H,37,42)(H2,38,39,45). The number of Topliss-reactive ketones (excluding diaryl/α,β-unsaturated/α-hetero) is 1. The molecular weight excluding hydrogens is 635 g/mol. The monoisotopic (exact) mass is 693 g/mol. The molecule has 0 radical (unpaired) electrons. The van der Waals surface area contributed by atoms with Gasteiger partial charge in [0, 0.05) is 30.0 Å². The molecule has 12 heteroatoms. The van der Waals surface area contributed by atoms with Crippen LogP contribution < -0.4 is 21.3 Å². The molecule has 5 amide bonds. The van der Waals surface area contributed by atoms with Gasteiger partial charge in [0.15, 0.2) is 0 Å². The first-order valence-electron chi connectivity index (χ1n) is 17.0. The Morgan fingerprint density at radius 2 is 1.64 bits per heavy atom. The van der Waals surface area contributed by atoms with Gasteiger partial charge in [-0.1, -0.05) is 74.7 Å². The number of carbonyl (C=O) groups is 5. The minimum atomic E-state index is -1.11. The fourth-order valence-electron chi connectivity index (χ4n) is 6.27. The zero-order chi connectivity index (χ0) is 35.6. The fraction of sp³-hybridized carbons (Fsp3) is 0.800. The highest BCUT2D eigenvalue weighted by atomic mass is 32.2. The molecule has 4 N–H and O–H groups in total. The number of rotatable bonds is 14. The van der Waals surface area contributed by atoms with Gasteiger partial charge in [-0.05, 0) is 49.2 Å². The van der Waals surface area contributed by atoms with E-state index in [0.29, 0.717) is 25.3 Å². The van der Waals surface area contributed by atoms with E-state index in [4.69, 9.17) is 6.42 Å². The number of likely N-dealkylation sites (tertiary alicyclic amines) is 1. The van der Waals surface area contributed by atoms with Gasteiger partial charge in [-0.25, -0.2) is 4.79 Å². The Balaban J connectivity index is 2.32. The third kappa shape index (κ3) is 12.5. The van der Waals surface area contributed by atoms with Gasteiger partial charge in [-0.15, -0.1) is 24.1 Å². The summed E-state index contributed by atoms with van der Waals surface area (Å²) in [7, 11) is 0. The van der Waals surface area contributed by atoms with E-state index in [1.54, 1.807) is 16.7 Å². The largest absolute Gasteiger partial charge is 0.349 e. The third-order valence-electron chi connectivity index (χ3n) is 8.78. The molecule has 0 aromatic heterocycles. The van der Waals surface area contributed by atoms with Crippen molar-refractivity contribution < 1.29 is 24.0 Å². The van der Waals surface area contributed by atoms with E-state index < -0.39 is 52.0 Å². The number of nitrogens with zero attached hydrogens (tertiary/aromatic N) is 1. The minimum absolute atomic E-state index is 0.0348. The van der Waals surface area contributed by atoms with Gasteiger partial charge in [-0.3, -0.25) is 19.2 Å². The van der Waals surface area contributed by atoms with Crippen LogP contribution in [0.4, 0.5) is 4.79 Å². The molecule has 4 atom stereocenters. The molecule has 1 heterocycles. The summed E-state index contributed by atoms with van der Waals surface area (Å²) in [4.78, 5) is 68.7. The van der Waals surface area contributed by atoms with E-state index >= 15 is 0 Å². The number of ketones is 1. The van der Waals surface area contributed by atoms with Crippen molar-refractivity contribution in [2.45, 2.75) is 134 Å². The SMILES string of the molecule is C#CCCC(NC(=O)C1CC(C(C)C)CN1C(=O)C(NC(=O)NC1(SC(C)(C)C)CCCCC1)C(C)(C)C)C(=O)C(=O)NCCSC. The average molecular weight is 694 g/mol. The Bertz CT molecular complexity index is 1150. The van der Waals surface area contributed by atoms with Crippen molar-refractivity contribution in [2.24, 2.45) is 17.3 Å². The molecule has 0 bridgehead atoms. The summed E-state index contributed by atoms with van der Waals surface area (Å²) in [6.07, 6.45) is 12.9. The summed E-state index contributed by atoms with van der Waals surface area (Å²) in [5.41, 5.74) is -0.664. The fourth-order valence-corrected chi connectivity index (χ4v) is 8.39. The predicted molar refractivity (Wildman–Crippen MR) is 193 cm³/mol. The number of urea groups is 1. The Morgan fingerprint density at radius 1 is 1.00 bits per heavy atom. The number of carbonyl (C=O) groups excluding carboxylic acids is 5. The Labute approximate surface area is 291 Å². The van der Waals surface area contributed by atoms with Gasteiger partial charge in [-0.2, -0.15) is 11.8 Å². The van der Waals surface area contributed by atoms with Crippen molar-refractivity contribution in [2.75, 3.05) is 25.1 Å². The third-order valence-corrected chi connectivity index (χ3v) is 10.9. The van der Waals surface area contributed by atoms with Crippen LogP contribution in [-0.4, -0.2) is 87.3 Å². The maximum atomic E-state index is 14.4. The second-order valence-corrected chi connectivity index (χ2v) is 18.5. The molecule has 47 heavy (non-hydrogen) atoms. The van der Waals surface area contributed by atoms with Gasteiger partial charge in [0.25, 0.3) is 5.91 Å². The zero-order valence-corrected chi connectivity index (χ0v) is 31.7. The Kier molecular flexibility index (Phi) is 15.5. The number of nitrogens with one attached hydrogen (secondary N) is 4. The van der Waals surface area contributed by atoms with Crippen molar-refractivity contribution in [3.05, 3.63) is 0 Å². The molecule has 1 saturated carbocycles. The van der Waals surface area contributed by atoms with Crippen LogP contribution in [0.2, 0.25) is 0 Å². The molecule has 10 nitrogen and oxygen atoms in total. The summed E-state index contributed by atoms with van der Waals surface area (Å²) < 4.78 is -0.0689. The van der Waals surface area contributed by atoms with Crippen LogP contribution in [0, 0.1) is 29.6 Å². The van der Waals surface area contributed by atoms with E-state index in [2.05, 4.69) is 61.8 Å². The predicted octanol–water partition coefficient (Wildman–Crippen LogP) is 4.71. The highest BCUT2D eigenvalue weighted by Crippen LogP contribution is 2.44. The summed E-state index contributed by atoms with van der Waals surface area (Å²) in [5, 5.41) is 11.6. The van der Waals surface area contributed by atoms with Crippen LogP contribution in [0.15, 0.2) is 0 Å². The van der Waals surface area contributed by atoms with Gasteiger partial charge in [0.2, 0.25) is 17.6 Å². The lowest BCUT2D eigenvalue weighted by atomic mass is 9.85. The van der Waals surface area contributed by atoms with Gasteiger partial charge in [0.1, 0.15) is 12.1 Å². The van der Waals surface area contributed by atoms with Crippen molar-refractivity contribution >= 4 is 53.1 Å². The molecule has 2 rings (SSSR count). The van der Waals surface area contributed by atoms with Crippen LogP contribution in [0.3, 0.4) is 0 Å². The lowest BCUT2D eigenvalue weighted by Crippen LogP contribution is -2.62. The van der Waals surface area contributed by atoms with Crippen molar-refractivity contribution in [3.63, 3.8) is 0 Å². The van der Waals surface area contributed by atoms with Gasteiger partial charge < -0.3 is 26.2 Å². The van der Waals surface area contributed by atoms with E-state index in [-0.39, 0.29) is 35.3 Å². The van der Waals surface area contributed by atoms with Crippen molar-refractivity contribution in [1.82, 2.24) is 26.2 Å². The molecule has 0 aromatic rings. The molecular formula is C35H59N5O5S2. The molecule has 1 aliphatic carbocycles. The lowest BCUT2D eigenvalue weighted by molar-refractivity contribution is -0.143. The van der Waals surface area contributed by atoms with Gasteiger partial charge >= 0.3 is 6.03 Å². The maximum absolute atomic E-state index is 14.4. The van der Waals surface area contributed by atoms with E-state index in [1.807, 2.05) is 27.0 Å². The van der Waals surface area contributed by atoms with Crippen LogP contribution >= 0.6 is 23.5 Å². The highest BCUT2D eigenvalue weighted by molar-refractivity contribution is 8.01. The van der Waals surface area contributed by atoms with Crippen LogP contribution in [-0.2, 0) is 19.2 Å². The first-order valence-corrected chi connectivity index (χ1v) is 19.2. The first-order chi connectivity index (χ1) is 21.8. The average Bonchev–Trinajstić information content (AvgIpc) is 3.42. The molecule has 0 spiro atoms. The summed E-state index contributed by atoms with van der Waals surface area (Å²) in [5.74, 6) is 0.958. The summed E-state index contributed by atoms with van der Waals surface area (Å²) in [6.45, 7) is 16.9. The summed E-state index contributed by atoms with van der Waals surface area (Å²) in [6, 6.07) is -3.29. The number of amides is 5. The molecule has 266 valence electrons. The molecule has 0 aromatic carbocycles. The highest BCUT2D eigenvalue weighted by Gasteiger charge is 2.47. The number of thioether (sulfide) groups is 2. The number of hydrogen-bond donors (Lipinski definition) is 4. The molecule has 1 aliphatic heterocycles. The number of hydrogen-bond acceptors (Lipinski definition) is 7. The Morgan fingerprint density at radius 3 is 2.17 bits per heavy atom. The normalized spacial score (nSPS) is 20.9. The van der Waals surface area contributed by atoms with Crippen molar-refractivity contribution in [1.29, 1.82) is 0 Å². The Hall–Kier alpha value is -2.39. The maximum Gasteiger partial charge on any atom is 0.316 e. The minimum Gasteiger partial charge on any atom is -0.349 e. The second kappa shape index (κ2) is 17.8. The quantitative estimate of drug-likeness (QED) is 0.0896. The van der Waals surface area contributed by atoms with Crippen LogP contribution in [0.1, 0.15) is 107 Å². The molecule has 2 aliphatic rings. The van der Waals surface area contributed by atoms with E-state index in [0.717, 1.165) is 32.1 Å². The van der Waals surface area contributed by atoms with Gasteiger partial charge in [0.05, 0.1) is 10.9 Å². The second-order valence-electron chi connectivity index (χ2n) is 15.3. The smallest absolute Gasteiger partial charge is 0.316 e. The van der Waals surface area contributed by atoms with Crippen LogP contribution in [0.5, 0.6) is 0 Å². The first kappa shape index (κ1) is 40.8. The molecule has 2 fully saturated rings. The van der Waals surface area contributed by atoms with E-state index in [9.17, 15) is 24.0 Å². The van der Waals surface area contributed by atoms with Crippen molar-refractivity contribution in [3.8, 4) is 12.3 Å². The van der Waals surface area contributed by atoms with Crippen LogP contribution in [0.25, 0.3) is 0 Å². The summed E-state index contributed by atoms with van der Waals surface area (Å²) >= 11 is 3.30. The lowest BCUT2D eigenvalue weighted by Gasteiger charge is -2.42.